The van der Waals surface area contributed by atoms with Crippen molar-refractivity contribution in [2.45, 2.75) is 24.2 Å². The smallest absolute Gasteiger partial charge is 0.422 e. The Morgan fingerprint density at radius 2 is 1.46 bits per heavy atom. The van der Waals surface area contributed by atoms with Gasteiger partial charge in [0.1, 0.15) is 17.4 Å². The molecule has 0 fully saturated rings. The Morgan fingerprint density at radius 3 is 2.04 bits per heavy atom. The van der Waals surface area contributed by atoms with E-state index in [1.54, 1.807) is 0 Å². The summed E-state index contributed by atoms with van der Waals surface area (Å²) < 4.78 is 107. The van der Waals surface area contributed by atoms with Gasteiger partial charge in [-0.05, 0) is 36.8 Å². The molecule has 0 aliphatic carbocycles. The first kappa shape index (κ1) is 22.6. The zero-order chi connectivity index (χ0) is 21.3. The average molecular weight is 451 g/mol. The van der Waals surface area contributed by atoms with E-state index in [0.29, 0.717) is 17.8 Å². The first-order valence-corrected chi connectivity index (χ1v) is 8.82. The second kappa shape index (κ2) is 8.36. The van der Waals surface area contributed by atoms with Crippen LogP contribution in [0.1, 0.15) is 5.56 Å². The molecule has 0 aromatic heterocycles. The quantitative estimate of drug-likeness (QED) is 0.352. The number of hydrogen-bond donors (Lipinski definition) is 0. The van der Waals surface area contributed by atoms with Crippen molar-refractivity contribution in [3.63, 3.8) is 0 Å². The lowest BCUT2D eigenvalue weighted by Gasteiger charge is -2.15. The van der Waals surface area contributed by atoms with E-state index >= 15 is 0 Å². The molecule has 2 rings (SSSR count). The van der Waals surface area contributed by atoms with Crippen LogP contribution in [0, 0.1) is 18.6 Å². The number of hydrogen-bond acceptors (Lipinski definition) is 2. The van der Waals surface area contributed by atoms with Gasteiger partial charge in [0.05, 0.1) is 10.8 Å². The molecule has 2 aromatic rings. The highest BCUT2D eigenvalue weighted by atomic mass is 35.5. The van der Waals surface area contributed by atoms with Gasteiger partial charge in [0.25, 0.3) is 0 Å². The fourth-order valence-corrected chi connectivity index (χ4v) is 3.19. The fourth-order valence-electron chi connectivity index (χ4n) is 2.18. The van der Waals surface area contributed by atoms with Gasteiger partial charge in [0, 0.05) is 16.0 Å². The second-order valence-corrected chi connectivity index (χ2v) is 7.09. The lowest BCUT2D eigenvalue weighted by atomic mass is 10.0. The minimum absolute atomic E-state index is 0.0424. The van der Waals surface area contributed by atoms with Crippen molar-refractivity contribution >= 4 is 23.4 Å². The summed E-state index contributed by atoms with van der Waals surface area (Å²) in [7, 11) is 0. The number of halogens is 9. The number of thioether (sulfide) groups is 1. The Hall–Kier alpha value is -1.68. The number of aryl methyl sites for hydroxylation is 1. The van der Waals surface area contributed by atoms with Crippen molar-refractivity contribution in [1.82, 2.24) is 0 Å². The van der Waals surface area contributed by atoms with Gasteiger partial charge >= 0.3 is 12.4 Å². The molecule has 0 radical (unpaired) electrons. The van der Waals surface area contributed by atoms with E-state index < -0.39 is 58.2 Å². The van der Waals surface area contributed by atoms with E-state index in [0.717, 1.165) is 18.2 Å². The predicted molar refractivity (Wildman–Crippen MR) is 89.9 cm³/mol. The standard InChI is InChI=1S/C17H11ClF8OS/c1-8-2-12(19)10(4-15(8)28-7-17(24,25)26)9-3-14(11(18)5-13(9)20)27-6-16(21,22)23/h2-5H,6-7H2,1H3. The van der Waals surface area contributed by atoms with Gasteiger partial charge in [0.2, 0.25) is 0 Å². The number of rotatable bonds is 5. The van der Waals surface area contributed by atoms with E-state index in [1.807, 2.05) is 0 Å². The van der Waals surface area contributed by atoms with Gasteiger partial charge in [-0.25, -0.2) is 8.78 Å². The summed E-state index contributed by atoms with van der Waals surface area (Å²) in [6.07, 6.45) is -9.16. The first-order valence-electron chi connectivity index (χ1n) is 7.45. The minimum Gasteiger partial charge on any atom is -0.483 e. The summed E-state index contributed by atoms with van der Waals surface area (Å²) in [5.41, 5.74) is -0.729. The fraction of sp³-hybridized carbons (Fsp3) is 0.294. The molecular weight excluding hydrogens is 440 g/mol. The highest BCUT2D eigenvalue weighted by molar-refractivity contribution is 7.99. The van der Waals surface area contributed by atoms with Gasteiger partial charge in [-0.3, -0.25) is 0 Å². The first-order chi connectivity index (χ1) is 12.8. The molecule has 11 heteroatoms. The largest absolute Gasteiger partial charge is 0.483 e. The summed E-state index contributed by atoms with van der Waals surface area (Å²) in [6, 6.07) is 3.33. The molecule has 28 heavy (non-hydrogen) atoms. The van der Waals surface area contributed by atoms with Gasteiger partial charge < -0.3 is 4.74 Å². The molecule has 0 aliphatic heterocycles. The minimum atomic E-state index is -4.69. The maximum Gasteiger partial charge on any atom is 0.422 e. The van der Waals surface area contributed by atoms with E-state index in [2.05, 4.69) is 4.74 Å². The molecule has 0 amide bonds. The Morgan fingerprint density at radius 1 is 0.893 bits per heavy atom. The number of benzene rings is 2. The van der Waals surface area contributed by atoms with E-state index in [9.17, 15) is 35.1 Å². The van der Waals surface area contributed by atoms with E-state index in [-0.39, 0.29) is 10.5 Å². The number of ether oxygens (including phenoxy) is 1. The summed E-state index contributed by atoms with van der Waals surface area (Å²) in [6.45, 7) is -0.331. The Balaban J connectivity index is 2.45. The molecule has 0 unspecified atom stereocenters. The monoisotopic (exact) mass is 450 g/mol. The molecule has 1 nitrogen and oxygen atoms in total. The van der Waals surface area contributed by atoms with Gasteiger partial charge in [0.15, 0.2) is 6.61 Å². The molecule has 154 valence electrons. The summed E-state index contributed by atoms with van der Waals surface area (Å²) in [5.74, 6) is -3.82. The number of alkyl halides is 6. The van der Waals surface area contributed by atoms with Crippen LogP contribution in [0.25, 0.3) is 11.1 Å². The van der Waals surface area contributed by atoms with Crippen LogP contribution in [0.2, 0.25) is 5.02 Å². The molecule has 0 aliphatic rings. The van der Waals surface area contributed by atoms with Crippen molar-refractivity contribution in [1.29, 1.82) is 0 Å². The SMILES string of the molecule is Cc1cc(F)c(-c2cc(OCC(F)(F)F)c(Cl)cc2F)cc1SCC(F)(F)F. The highest BCUT2D eigenvalue weighted by Gasteiger charge is 2.30. The topological polar surface area (TPSA) is 9.23 Å². The van der Waals surface area contributed by atoms with Crippen LogP contribution in [0.15, 0.2) is 29.2 Å². The molecule has 2 aromatic carbocycles. The third kappa shape index (κ3) is 6.16. The maximum atomic E-state index is 14.3. The molecule has 0 N–H and O–H groups in total. The normalized spacial score (nSPS) is 12.4. The zero-order valence-corrected chi connectivity index (χ0v) is 15.5. The Labute approximate surface area is 163 Å². The Kier molecular flexibility index (Phi) is 6.75. The van der Waals surface area contributed by atoms with E-state index in [1.165, 1.54) is 6.92 Å². The lowest BCUT2D eigenvalue weighted by Crippen LogP contribution is -2.19. The van der Waals surface area contributed by atoms with Crippen molar-refractivity contribution in [2.24, 2.45) is 0 Å². The third-order valence-electron chi connectivity index (χ3n) is 3.36. The average Bonchev–Trinajstić information content (AvgIpc) is 2.52. The van der Waals surface area contributed by atoms with E-state index in [4.69, 9.17) is 11.6 Å². The van der Waals surface area contributed by atoms with Crippen LogP contribution in [0.5, 0.6) is 5.75 Å². The maximum absolute atomic E-state index is 14.3. The molecule has 0 heterocycles. The van der Waals surface area contributed by atoms with Crippen LogP contribution in [-0.4, -0.2) is 24.7 Å². The van der Waals surface area contributed by atoms with Crippen LogP contribution < -0.4 is 4.74 Å². The van der Waals surface area contributed by atoms with Crippen LogP contribution >= 0.6 is 23.4 Å². The van der Waals surface area contributed by atoms with Gasteiger partial charge in [-0.2, -0.15) is 26.3 Å². The zero-order valence-electron chi connectivity index (χ0n) is 13.9. The summed E-state index contributed by atoms with van der Waals surface area (Å²) in [4.78, 5) is 0.0424. The van der Waals surface area contributed by atoms with Crippen LogP contribution in [-0.2, 0) is 0 Å². The Bertz CT molecular complexity index is 792. The molecule has 0 saturated carbocycles. The molecule has 0 saturated heterocycles. The predicted octanol–water partition coefficient (Wildman–Crippen LogP) is 7.19. The van der Waals surface area contributed by atoms with Crippen LogP contribution in [0.3, 0.4) is 0 Å². The van der Waals surface area contributed by atoms with Crippen LogP contribution in [0.4, 0.5) is 35.1 Å². The molecular formula is C17H11ClF8OS. The van der Waals surface area contributed by atoms with Crippen molar-refractivity contribution in [3.8, 4) is 16.9 Å². The highest BCUT2D eigenvalue weighted by Crippen LogP contribution is 2.38. The summed E-state index contributed by atoms with van der Waals surface area (Å²) in [5, 5.41) is -0.468. The molecule has 0 spiro atoms. The molecule has 0 bridgehead atoms. The van der Waals surface area contributed by atoms with Gasteiger partial charge in [-0.1, -0.05) is 11.6 Å². The third-order valence-corrected chi connectivity index (χ3v) is 4.88. The van der Waals surface area contributed by atoms with Crippen molar-refractivity contribution in [3.05, 3.63) is 46.5 Å². The second-order valence-electron chi connectivity index (χ2n) is 5.67. The lowest BCUT2D eigenvalue weighted by molar-refractivity contribution is -0.153. The van der Waals surface area contributed by atoms with Crippen molar-refractivity contribution in [2.75, 3.05) is 12.4 Å². The van der Waals surface area contributed by atoms with Gasteiger partial charge in [-0.15, -0.1) is 11.8 Å². The van der Waals surface area contributed by atoms with Crippen molar-refractivity contribution < 1.29 is 39.9 Å². The molecule has 0 atom stereocenters. The summed E-state index contributed by atoms with van der Waals surface area (Å²) >= 11 is 6.04.